The molecule has 1 N–H and O–H groups in total. The first-order valence-electron chi connectivity index (χ1n) is 7.63. The first kappa shape index (κ1) is 23.3. The largest absolute Gasteiger partial charge is 0.488 e. The maximum absolute atomic E-state index is 13.1. The van der Waals surface area contributed by atoms with Crippen molar-refractivity contribution in [3.8, 4) is 5.75 Å². The lowest BCUT2D eigenvalue weighted by atomic mass is 10.2. The molecule has 2 rings (SSSR count). The van der Waals surface area contributed by atoms with Crippen molar-refractivity contribution < 1.29 is 35.5 Å². The Bertz CT molecular complexity index is 890. The molecule has 0 saturated carbocycles. The molecule has 0 radical (unpaired) electrons. The van der Waals surface area contributed by atoms with E-state index in [0.717, 1.165) is 5.56 Å². The van der Waals surface area contributed by atoms with E-state index in [2.05, 4.69) is 21.0 Å². The molecule has 12 heteroatoms. The van der Waals surface area contributed by atoms with Crippen molar-refractivity contribution >= 4 is 33.7 Å². The topological polar surface area (TPSA) is 33.6 Å². The van der Waals surface area contributed by atoms with Gasteiger partial charge in [-0.25, -0.2) is 5.43 Å². The molecule has 0 spiro atoms. The zero-order chi connectivity index (χ0) is 21.9. The van der Waals surface area contributed by atoms with Gasteiger partial charge in [-0.1, -0.05) is 23.7 Å². The van der Waals surface area contributed by atoms with E-state index >= 15 is 0 Å². The van der Waals surface area contributed by atoms with Crippen LogP contribution in [0.5, 0.6) is 5.75 Å². The molecule has 2 aromatic carbocycles. The molecule has 0 aliphatic rings. The second-order valence-electron chi connectivity index (χ2n) is 5.63. The molecule has 0 aliphatic carbocycles. The number of rotatable bonds is 7. The summed E-state index contributed by atoms with van der Waals surface area (Å²) in [5, 5.41) is 3.31. The lowest BCUT2D eigenvalue weighted by molar-refractivity contribution is -0.361. The molecule has 158 valence electrons. The summed E-state index contributed by atoms with van der Waals surface area (Å²) in [5.74, 6) is -5.93. The van der Waals surface area contributed by atoms with Gasteiger partial charge in [0, 0.05) is 5.02 Å². The summed E-state index contributed by atoms with van der Waals surface area (Å²) >= 11 is 9.04. The van der Waals surface area contributed by atoms with Gasteiger partial charge in [0.05, 0.1) is 10.7 Å². The molecular formula is C17H11BrClF7N2O. The Balaban J connectivity index is 2.03. The molecule has 0 atom stereocenters. The summed E-state index contributed by atoms with van der Waals surface area (Å²) in [6.45, 7) is 0.174. The molecule has 0 heterocycles. The van der Waals surface area contributed by atoms with Crippen LogP contribution in [-0.4, -0.2) is 24.4 Å². The first-order valence-corrected chi connectivity index (χ1v) is 8.80. The van der Waals surface area contributed by atoms with Crippen LogP contribution in [0.15, 0.2) is 52.0 Å². The van der Waals surface area contributed by atoms with Crippen LogP contribution in [0.4, 0.5) is 30.7 Å². The zero-order valence-corrected chi connectivity index (χ0v) is 16.4. The van der Waals surface area contributed by atoms with Crippen LogP contribution in [0.2, 0.25) is 5.02 Å². The zero-order valence-electron chi connectivity index (χ0n) is 14.1. The van der Waals surface area contributed by atoms with Crippen molar-refractivity contribution in [2.75, 3.05) is 0 Å². The third-order valence-corrected chi connectivity index (χ3v) is 4.26. The Kier molecular flexibility index (Phi) is 7.05. The summed E-state index contributed by atoms with van der Waals surface area (Å²) in [4.78, 5) is 0. The molecule has 0 fully saturated rings. The van der Waals surface area contributed by atoms with E-state index in [4.69, 9.17) is 16.3 Å². The molecule has 3 nitrogen and oxygen atoms in total. The van der Waals surface area contributed by atoms with Crippen molar-refractivity contribution in [3.63, 3.8) is 0 Å². The summed E-state index contributed by atoms with van der Waals surface area (Å²) in [6, 6.07) is 5.39. The van der Waals surface area contributed by atoms with Gasteiger partial charge in [-0.05, 0) is 57.4 Å². The Morgan fingerprint density at radius 1 is 1.03 bits per heavy atom. The molecule has 0 aliphatic heterocycles. The maximum Gasteiger partial charge on any atom is 0.462 e. The van der Waals surface area contributed by atoms with Crippen molar-refractivity contribution in [3.05, 3.63) is 63.1 Å². The Morgan fingerprint density at radius 3 is 2.31 bits per heavy atom. The number of benzene rings is 2. The Hall–Kier alpha value is -2.01. The summed E-state index contributed by atoms with van der Waals surface area (Å²) in [5.41, 5.74) is 1.46. The smallest absolute Gasteiger partial charge is 0.462 e. The van der Waals surface area contributed by atoms with Gasteiger partial charge in [-0.15, -0.1) is 0 Å². The molecule has 0 aromatic heterocycles. The maximum atomic E-state index is 13.1. The monoisotopic (exact) mass is 506 g/mol. The van der Waals surface area contributed by atoms with Crippen LogP contribution in [-0.2, 0) is 6.61 Å². The number of hydrogen-bond acceptors (Lipinski definition) is 3. The van der Waals surface area contributed by atoms with Crippen LogP contribution >= 0.6 is 27.5 Å². The van der Waals surface area contributed by atoms with Crippen LogP contribution < -0.4 is 10.2 Å². The lowest BCUT2D eigenvalue weighted by Crippen LogP contribution is -2.58. The van der Waals surface area contributed by atoms with E-state index in [1.807, 2.05) is 0 Å². The average Bonchev–Trinajstić information content (AvgIpc) is 2.60. The number of ether oxygens (including phenoxy) is 1. The average molecular weight is 508 g/mol. The fourth-order valence-corrected chi connectivity index (χ4v) is 2.66. The number of halogens is 9. The fourth-order valence-electron chi connectivity index (χ4n) is 1.94. The van der Waals surface area contributed by atoms with Crippen LogP contribution in [0.1, 0.15) is 11.1 Å². The minimum atomic E-state index is -6.44. The minimum Gasteiger partial charge on any atom is -0.488 e. The number of hydrazone groups is 1. The minimum absolute atomic E-state index is 0.130. The van der Waals surface area contributed by atoms with Gasteiger partial charge in [0.15, 0.2) is 0 Å². The quantitative estimate of drug-likeness (QED) is 0.204. The van der Waals surface area contributed by atoms with Gasteiger partial charge >= 0.3 is 18.1 Å². The number of hydrogen-bond donors (Lipinski definition) is 1. The third kappa shape index (κ3) is 5.75. The summed E-state index contributed by atoms with van der Waals surface area (Å²) < 4.78 is 93.8. The van der Waals surface area contributed by atoms with Crippen LogP contribution in [0.3, 0.4) is 0 Å². The van der Waals surface area contributed by atoms with Gasteiger partial charge < -0.3 is 4.74 Å². The second-order valence-corrected chi connectivity index (χ2v) is 6.92. The predicted molar refractivity (Wildman–Crippen MR) is 96.6 cm³/mol. The molecule has 0 bridgehead atoms. The van der Waals surface area contributed by atoms with E-state index in [-0.39, 0.29) is 12.2 Å². The number of nitrogens with zero attached hydrogens (tertiary/aromatic N) is 1. The van der Waals surface area contributed by atoms with Crippen LogP contribution in [0.25, 0.3) is 0 Å². The molecule has 0 amide bonds. The van der Waals surface area contributed by atoms with Crippen molar-refractivity contribution in [1.82, 2.24) is 5.43 Å². The van der Waals surface area contributed by atoms with E-state index in [1.54, 1.807) is 24.3 Å². The van der Waals surface area contributed by atoms with Crippen LogP contribution in [0, 0.1) is 0 Å². The van der Waals surface area contributed by atoms with E-state index < -0.39 is 18.1 Å². The van der Waals surface area contributed by atoms with Crippen molar-refractivity contribution in [1.29, 1.82) is 0 Å². The van der Waals surface area contributed by atoms with E-state index in [9.17, 15) is 30.7 Å². The molecule has 2 aromatic rings. The van der Waals surface area contributed by atoms with Gasteiger partial charge in [0.2, 0.25) is 0 Å². The lowest BCUT2D eigenvalue weighted by Gasteiger charge is -2.27. The van der Waals surface area contributed by atoms with E-state index in [0.29, 0.717) is 26.9 Å². The molecule has 0 unspecified atom stereocenters. The Labute approximate surface area is 173 Å². The highest BCUT2D eigenvalue weighted by Crippen LogP contribution is 2.45. The highest BCUT2D eigenvalue weighted by Gasteiger charge is 2.73. The van der Waals surface area contributed by atoms with Crippen molar-refractivity contribution in [2.45, 2.75) is 24.8 Å². The standard InChI is InChI=1S/C17H11BrClF7N2O/c18-13-7-10(8-27-28-17(25,26)15(20,21)16(22,23)24)4-5-14(13)29-9-11-2-1-3-12(19)6-11/h1-8,28H,9H2/b27-8-. The predicted octanol–water partition coefficient (Wildman–Crippen LogP) is 6.40. The molecular weight excluding hydrogens is 497 g/mol. The summed E-state index contributed by atoms with van der Waals surface area (Å²) in [7, 11) is 0. The highest BCUT2D eigenvalue weighted by atomic mass is 79.9. The normalized spacial score (nSPS) is 13.0. The number of nitrogens with one attached hydrogen (secondary N) is 1. The van der Waals surface area contributed by atoms with Crippen molar-refractivity contribution in [2.24, 2.45) is 5.10 Å². The second kappa shape index (κ2) is 8.78. The van der Waals surface area contributed by atoms with Gasteiger partial charge in [-0.3, -0.25) is 0 Å². The third-order valence-electron chi connectivity index (χ3n) is 3.41. The van der Waals surface area contributed by atoms with Gasteiger partial charge in [0.1, 0.15) is 12.4 Å². The first-order chi connectivity index (χ1) is 13.3. The highest BCUT2D eigenvalue weighted by molar-refractivity contribution is 9.10. The van der Waals surface area contributed by atoms with Gasteiger partial charge in [0.25, 0.3) is 0 Å². The summed E-state index contributed by atoms with van der Waals surface area (Å²) in [6.07, 6.45) is -5.78. The Morgan fingerprint density at radius 2 is 1.72 bits per heavy atom. The van der Waals surface area contributed by atoms with Gasteiger partial charge in [-0.2, -0.15) is 35.8 Å². The number of alkyl halides is 7. The fraction of sp³-hybridized carbons (Fsp3) is 0.235. The molecule has 0 saturated heterocycles. The SMILES string of the molecule is FC(F)(F)C(F)(F)C(F)(F)N/N=C\c1ccc(OCc2cccc(Cl)c2)c(Br)c1. The molecule has 29 heavy (non-hydrogen) atoms. The van der Waals surface area contributed by atoms with E-state index in [1.165, 1.54) is 18.2 Å².